The second-order valence-electron chi connectivity index (χ2n) is 4.01. The third kappa shape index (κ3) is 2.82. The molecule has 2 aromatic rings. The summed E-state index contributed by atoms with van der Waals surface area (Å²) in [5.74, 6) is 1.54. The normalized spacial score (nSPS) is 10.4. The van der Waals surface area contributed by atoms with Gasteiger partial charge in [0.15, 0.2) is 5.78 Å². The van der Waals surface area contributed by atoms with Gasteiger partial charge in [0.1, 0.15) is 17.8 Å². The van der Waals surface area contributed by atoms with Gasteiger partial charge in [-0.1, -0.05) is 6.07 Å². The fraction of sp³-hybridized carbons (Fsp3) is 0.214. The van der Waals surface area contributed by atoms with E-state index in [0.717, 1.165) is 21.5 Å². The summed E-state index contributed by atoms with van der Waals surface area (Å²) in [6, 6.07) is 7.37. The Bertz CT molecular complexity index is 572. The predicted molar refractivity (Wildman–Crippen MR) is 72.2 cm³/mol. The first-order valence-corrected chi connectivity index (χ1v) is 6.30. The van der Waals surface area contributed by atoms with Gasteiger partial charge in [0.05, 0.1) is 17.1 Å². The fourth-order valence-corrected chi connectivity index (χ4v) is 2.29. The number of benzene rings is 1. The summed E-state index contributed by atoms with van der Waals surface area (Å²) in [7, 11) is 1.61. The summed E-state index contributed by atoms with van der Waals surface area (Å²) >= 11 is 3.40. The van der Waals surface area contributed by atoms with E-state index in [-0.39, 0.29) is 5.78 Å². The molecule has 0 spiro atoms. The minimum absolute atomic E-state index is 0.0453. The summed E-state index contributed by atoms with van der Waals surface area (Å²) in [5, 5.41) is 0. The molecule has 94 valence electrons. The summed E-state index contributed by atoms with van der Waals surface area (Å²) in [6.07, 6.45) is 1.85. The van der Waals surface area contributed by atoms with Crippen LogP contribution in [0, 0.1) is 6.92 Å². The molecule has 0 bridgehead atoms. The van der Waals surface area contributed by atoms with Crippen molar-refractivity contribution in [2.75, 3.05) is 7.11 Å². The largest absolute Gasteiger partial charge is 0.496 e. The van der Waals surface area contributed by atoms with E-state index in [1.54, 1.807) is 13.2 Å². The standard InChI is InChI=1S/C14H13BrO3/c1-9-5-11(8-18-9)13(16)7-10-3-4-14(17-2)12(15)6-10/h3-6,8H,7H2,1-2H3. The summed E-state index contributed by atoms with van der Waals surface area (Å²) < 4.78 is 11.1. The van der Waals surface area contributed by atoms with E-state index in [1.165, 1.54) is 6.26 Å². The predicted octanol–water partition coefficient (Wildman–Crippen LogP) is 3.78. The molecule has 0 radical (unpaired) electrons. The van der Waals surface area contributed by atoms with Crippen molar-refractivity contribution in [3.8, 4) is 5.75 Å². The van der Waals surface area contributed by atoms with Gasteiger partial charge in [-0.2, -0.15) is 0 Å². The number of rotatable bonds is 4. The highest BCUT2D eigenvalue weighted by atomic mass is 79.9. The van der Waals surface area contributed by atoms with E-state index in [0.29, 0.717) is 12.0 Å². The lowest BCUT2D eigenvalue weighted by Gasteiger charge is -2.05. The molecule has 3 nitrogen and oxygen atoms in total. The zero-order valence-electron chi connectivity index (χ0n) is 10.2. The van der Waals surface area contributed by atoms with Crippen molar-refractivity contribution < 1.29 is 13.9 Å². The van der Waals surface area contributed by atoms with E-state index in [9.17, 15) is 4.79 Å². The summed E-state index contributed by atoms with van der Waals surface area (Å²) in [5.41, 5.74) is 1.55. The first kappa shape index (κ1) is 12.9. The van der Waals surface area contributed by atoms with Gasteiger partial charge in [0.2, 0.25) is 0 Å². The number of halogens is 1. The van der Waals surface area contributed by atoms with E-state index in [2.05, 4.69) is 15.9 Å². The molecular weight excluding hydrogens is 296 g/mol. The quantitative estimate of drug-likeness (QED) is 0.807. The number of carbonyl (C=O) groups is 1. The topological polar surface area (TPSA) is 39.4 Å². The van der Waals surface area contributed by atoms with Crippen LogP contribution in [-0.2, 0) is 6.42 Å². The molecule has 4 heteroatoms. The number of aryl methyl sites for hydroxylation is 1. The van der Waals surface area contributed by atoms with Crippen LogP contribution in [0.25, 0.3) is 0 Å². The summed E-state index contributed by atoms with van der Waals surface area (Å²) in [6.45, 7) is 1.82. The fourth-order valence-electron chi connectivity index (χ4n) is 1.70. The zero-order chi connectivity index (χ0) is 13.1. The molecule has 0 saturated heterocycles. The molecule has 2 rings (SSSR count). The van der Waals surface area contributed by atoms with Crippen LogP contribution in [0.3, 0.4) is 0 Å². The van der Waals surface area contributed by atoms with Crippen LogP contribution in [0.5, 0.6) is 5.75 Å². The number of methoxy groups -OCH3 is 1. The number of ether oxygens (including phenoxy) is 1. The highest BCUT2D eigenvalue weighted by molar-refractivity contribution is 9.10. The third-order valence-electron chi connectivity index (χ3n) is 2.63. The van der Waals surface area contributed by atoms with Crippen LogP contribution in [0.1, 0.15) is 21.7 Å². The number of ketones is 1. The highest BCUT2D eigenvalue weighted by Gasteiger charge is 2.11. The lowest BCUT2D eigenvalue weighted by Crippen LogP contribution is -2.02. The molecule has 0 N–H and O–H groups in total. The Hall–Kier alpha value is -1.55. The van der Waals surface area contributed by atoms with Crippen LogP contribution >= 0.6 is 15.9 Å². The van der Waals surface area contributed by atoms with Crippen LogP contribution < -0.4 is 4.74 Å². The number of furan rings is 1. The van der Waals surface area contributed by atoms with Crippen molar-refractivity contribution in [2.24, 2.45) is 0 Å². The molecule has 1 aromatic heterocycles. The van der Waals surface area contributed by atoms with Crippen LogP contribution in [0.4, 0.5) is 0 Å². The molecule has 0 fully saturated rings. The maximum Gasteiger partial charge on any atom is 0.170 e. The number of hydrogen-bond donors (Lipinski definition) is 0. The van der Waals surface area contributed by atoms with Crippen LogP contribution in [0.15, 0.2) is 39.4 Å². The third-order valence-corrected chi connectivity index (χ3v) is 3.25. The maximum atomic E-state index is 12.0. The van der Waals surface area contributed by atoms with Gasteiger partial charge in [-0.3, -0.25) is 4.79 Å². The Labute approximate surface area is 114 Å². The van der Waals surface area contributed by atoms with Crippen molar-refractivity contribution in [1.29, 1.82) is 0 Å². The molecule has 1 heterocycles. The monoisotopic (exact) mass is 308 g/mol. The lowest BCUT2D eigenvalue weighted by molar-refractivity contribution is 0.0992. The molecule has 0 aliphatic heterocycles. The molecular formula is C14H13BrO3. The molecule has 0 atom stereocenters. The Balaban J connectivity index is 2.14. The average Bonchev–Trinajstić information content (AvgIpc) is 2.76. The Kier molecular flexibility index (Phi) is 3.87. The van der Waals surface area contributed by atoms with E-state index < -0.39 is 0 Å². The number of hydrogen-bond acceptors (Lipinski definition) is 3. The van der Waals surface area contributed by atoms with Crippen LogP contribution in [-0.4, -0.2) is 12.9 Å². The number of carbonyl (C=O) groups excluding carboxylic acids is 1. The van der Waals surface area contributed by atoms with Gasteiger partial charge in [-0.15, -0.1) is 0 Å². The molecule has 0 unspecified atom stereocenters. The minimum atomic E-state index is 0.0453. The average molecular weight is 309 g/mol. The smallest absolute Gasteiger partial charge is 0.170 e. The van der Waals surface area contributed by atoms with Crippen molar-refractivity contribution in [3.05, 3.63) is 51.9 Å². The second-order valence-corrected chi connectivity index (χ2v) is 4.87. The number of Topliss-reactive ketones (excluding diaryl/α,β-unsaturated/α-hetero) is 1. The van der Waals surface area contributed by atoms with Crippen LogP contribution in [0.2, 0.25) is 0 Å². The molecule has 0 amide bonds. The molecule has 0 saturated carbocycles. The van der Waals surface area contributed by atoms with E-state index in [1.807, 2.05) is 25.1 Å². The highest BCUT2D eigenvalue weighted by Crippen LogP contribution is 2.26. The van der Waals surface area contributed by atoms with Gasteiger partial charge in [0, 0.05) is 6.42 Å². The zero-order valence-corrected chi connectivity index (χ0v) is 11.8. The minimum Gasteiger partial charge on any atom is -0.496 e. The molecule has 1 aromatic carbocycles. The first-order chi connectivity index (χ1) is 8.60. The Morgan fingerprint density at radius 1 is 1.39 bits per heavy atom. The molecule has 0 aliphatic carbocycles. The van der Waals surface area contributed by atoms with Gasteiger partial charge in [0.25, 0.3) is 0 Å². The summed E-state index contributed by atoms with van der Waals surface area (Å²) in [4.78, 5) is 12.0. The SMILES string of the molecule is COc1ccc(CC(=O)c2coc(C)c2)cc1Br. The maximum absolute atomic E-state index is 12.0. The molecule has 0 aliphatic rings. The van der Waals surface area contributed by atoms with Crippen molar-refractivity contribution in [3.63, 3.8) is 0 Å². The van der Waals surface area contributed by atoms with Gasteiger partial charge in [-0.25, -0.2) is 0 Å². The van der Waals surface area contributed by atoms with Crippen molar-refractivity contribution in [1.82, 2.24) is 0 Å². The van der Waals surface area contributed by atoms with Crippen molar-refractivity contribution in [2.45, 2.75) is 13.3 Å². The lowest BCUT2D eigenvalue weighted by atomic mass is 10.1. The molecule has 18 heavy (non-hydrogen) atoms. The van der Waals surface area contributed by atoms with Crippen molar-refractivity contribution >= 4 is 21.7 Å². The van der Waals surface area contributed by atoms with E-state index >= 15 is 0 Å². The Morgan fingerprint density at radius 2 is 2.17 bits per heavy atom. The van der Waals surface area contributed by atoms with Gasteiger partial charge in [-0.05, 0) is 46.6 Å². The van der Waals surface area contributed by atoms with Gasteiger partial charge < -0.3 is 9.15 Å². The van der Waals surface area contributed by atoms with Gasteiger partial charge >= 0.3 is 0 Å². The second kappa shape index (κ2) is 5.40. The van der Waals surface area contributed by atoms with E-state index in [4.69, 9.17) is 9.15 Å². The first-order valence-electron chi connectivity index (χ1n) is 5.51. The Morgan fingerprint density at radius 3 is 2.72 bits per heavy atom.